The van der Waals surface area contributed by atoms with Crippen LogP contribution in [0.3, 0.4) is 0 Å². The molecular formula is C18H45N3Si3. The van der Waals surface area contributed by atoms with Crippen LogP contribution in [0.4, 0.5) is 0 Å². The highest BCUT2D eigenvalue weighted by atomic mass is 28.4. The molecule has 1 aliphatic heterocycles. The van der Waals surface area contributed by atoms with Crippen molar-refractivity contribution < 1.29 is 0 Å². The molecule has 0 aromatic carbocycles. The Labute approximate surface area is 159 Å². The van der Waals surface area contributed by atoms with Crippen LogP contribution in [-0.2, 0) is 0 Å². The van der Waals surface area contributed by atoms with Crippen molar-refractivity contribution in [2.75, 3.05) is 19.6 Å². The van der Waals surface area contributed by atoms with Gasteiger partial charge >= 0.3 is 0 Å². The van der Waals surface area contributed by atoms with Crippen molar-refractivity contribution in [1.29, 1.82) is 0 Å². The van der Waals surface area contributed by atoms with Gasteiger partial charge in [0.25, 0.3) is 0 Å². The zero-order valence-electron chi connectivity index (χ0n) is 17.1. The molecule has 0 atom stereocenters. The van der Waals surface area contributed by atoms with E-state index in [9.17, 15) is 0 Å². The third-order valence-corrected chi connectivity index (χ3v) is 13.1. The predicted molar refractivity (Wildman–Crippen MR) is 118 cm³/mol. The molecule has 1 saturated heterocycles. The number of hydrogen-bond acceptors (Lipinski definition) is 3. The van der Waals surface area contributed by atoms with Crippen LogP contribution in [0.2, 0.25) is 0 Å². The molecule has 6 heteroatoms. The molecule has 0 spiro atoms. The fraction of sp³-hybridized carbons (Fsp3) is 1.00. The maximum absolute atomic E-state index is 3.01. The van der Waals surface area contributed by atoms with E-state index in [4.69, 9.17) is 0 Å². The zero-order chi connectivity index (χ0) is 17.5. The minimum Gasteiger partial charge on any atom is -0.332 e. The fourth-order valence-corrected chi connectivity index (χ4v) is 16.3. The summed E-state index contributed by atoms with van der Waals surface area (Å²) in [6.07, 6.45) is 17.2. The second-order valence-electron chi connectivity index (χ2n) is 7.79. The first-order valence-electron chi connectivity index (χ1n) is 11.0. The van der Waals surface area contributed by atoms with E-state index in [2.05, 4.69) is 33.5 Å². The van der Waals surface area contributed by atoms with Crippen LogP contribution in [-0.4, -0.2) is 61.9 Å². The maximum Gasteiger partial charge on any atom is 0.160 e. The van der Waals surface area contributed by atoms with Crippen LogP contribution in [0.25, 0.3) is 0 Å². The van der Waals surface area contributed by atoms with E-state index in [-0.39, 0.29) is 29.5 Å². The van der Waals surface area contributed by atoms with Gasteiger partial charge in [-0.05, 0) is 38.9 Å². The van der Waals surface area contributed by atoms with Crippen LogP contribution >= 0.6 is 0 Å². The summed E-state index contributed by atoms with van der Waals surface area (Å²) in [5, 5.41) is 0. The summed E-state index contributed by atoms with van der Waals surface area (Å²) in [5.74, 6) is 0. The zero-order valence-corrected chi connectivity index (χ0v) is 21.3. The lowest BCUT2D eigenvalue weighted by Gasteiger charge is -2.42. The van der Waals surface area contributed by atoms with Crippen LogP contribution < -0.4 is 0 Å². The van der Waals surface area contributed by atoms with Gasteiger partial charge in [0.2, 0.25) is 0 Å². The van der Waals surface area contributed by atoms with Crippen molar-refractivity contribution in [1.82, 2.24) is 12.7 Å². The summed E-state index contributed by atoms with van der Waals surface area (Å²) >= 11 is 0. The largest absolute Gasteiger partial charge is 0.332 e. The molecule has 3 nitrogen and oxygen atoms in total. The van der Waals surface area contributed by atoms with Crippen molar-refractivity contribution in [3.05, 3.63) is 0 Å². The quantitative estimate of drug-likeness (QED) is 0.316. The lowest BCUT2D eigenvalue weighted by molar-refractivity contribution is 0.444. The molecule has 1 heterocycles. The average Bonchev–Trinajstić information content (AvgIpc) is 2.59. The lowest BCUT2D eigenvalue weighted by Crippen LogP contribution is -2.61. The Balaban J connectivity index is 2.33. The van der Waals surface area contributed by atoms with Crippen molar-refractivity contribution in [2.45, 2.75) is 97.8 Å². The fourth-order valence-electron chi connectivity index (χ4n) is 3.69. The second kappa shape index (κ2) is 15.8. The molecule has 24 heavy (non-hydrogen) atoms. The van der Waals surface area contributed by atoms with E-state index >= 15 is 0 Å². The van der Waals surface area contributed by atoms with Crippen molar-refractivity contribution in [3.8, 4) is 0 Å². The molecule has 0 aromatic heterocycles. The van der Waals surface area contributed by atoms with E-state index in [1.54, 1.807) is 0 Å². The summed E-state index contributed by atoms with van der Waals surface area (Å²) in [5.41, 5.74) is 0. The van der Waals surface area contributed by atoms with Gasteiger partial charge in [0.1, 0.15) is 0 Å². The number of hydrogen-bond donors (Lipinski definition) is 0. The molecule has 1 rings (SSSR count). The SMILES string of the molecule is CCCCCCN1[SiH2]N(CCCCCC)[SiH2]N(CCCCCC)[SiH2]1. The normalized spacial score (nSPS) is 20.6. The monoisotopic (exact) mass is 387 g/mol. The molecule has 1 fully saturated rings. The summed E-state index contributed by atoms with van der Waals surface area (Å²) in [7, 11) is -0.145. The maximum atomic E-state index is 3.01. The minimum atomic E-state index is -0.0483. The molecule has 0 amide bonds. The molecule has 0 saturated carbocycles. The highest BCUT2D eigenvalue weighted by molar-refractivity contribution is 6.64. The summed E-state index contributed by atoms with van der Waals surface area (Å²) in [6, 6.07) is 0. The Morgan fingerprint density at radius 1 is 0.417 bits per heavy atom. The summed E-state index contributed by atoms with van der Waals surface area (Å²) < 4.78 is 9.02. The van der Waals surface area contributed by atoms with E-state index in [1.165, 1.54) is 96.7 Å². The van der Waals surface area contributed by atoms with Gasteiger partial charge in [-0.15, -0.1) is 0 Å². The highest BCUT2D eigenvalue weighted by Crippen LogP contribution is 2.09. The first-order valence-corrected chi connectivity index (χ1v) is 14.8. The molecule has 0 unspecified atom stereocenters. The van der Waals surface area contributed by atoms with Gasteiger partial charge in [-0.25, -0.2) is 0 Å². The number of nitrogens with zero attached hydrogens (tertiary/aromatic N) is 3. The summed E-state index contributed by atoms with van der Waals surface area (Å²) in [6.45, 7) is 11.3. The van der Waals surface area contributed by atoms with Gasteiger partial charge in [-0.3, -0.25) is 0 Å². The second-order valence-corrected chi connectivity index (χ2v) is 16.7. The first-order chi connectivity index (χ1) is 11.8. The molecule has 1 aliphatic rings. The van der Waals surface area contributed by atoms with Crippen LogP contribution in [0.15, 0.2) is 0 Å². The van der Waals surface area contributed by atoms with Gasteiger partial charge in [0.05, 0.1) is 0 Å². The van der Waals surface area contributed by atoms with Gasteiger partial charge in [-0.1, -0.05) is 78.6 Å². The Hall–Kier alpha value is 0.531. The van der Waals surface area contributed by atoms with Crippen molar-refractivity contribution in [2.24, 2.45) is 0 Å². The lowest BCUT2D eigenvalue weighted by atomic mass is 10.2. The molecule has 0 radical (unpaired) electrons. The Morgan fingerprint density at radius 3 is 0.958 bits per heavy atom. The summed E-state index contributed by atoms with van der Waals surface area (Å²) in [4.78, 5) is 0. The van der Waals surface area contributed by atoms with E-state index < -0.39 is 0 Å². The highest BCUT2D eigenvalue weighted by Gasteiger charge is 2.23. The van der Waals surface area contributed by atoms with Crippen molar-refractivity contribution >= 4 is 29.5 Å². The van der Waals surface area contributed by atoms with Gasteiger partial charge < -0.3 is 12.7 Å². The van der Waals surface area contributed by atoms with Gasteiger partial charge in [0.15, 0.2) is 29.5 Å². The van der Waals surface area contributed by atoms with Gasteiger partial charge in [0, 0.05) is 0 Å². The Morgan fingerprint density at radius 2 is 0.708 bits per heavy atom. The van der Waals surface area contributed by atoms with Crippen molar-refractivity contribution in [3.63, 3.8) is 0 Å². The number of rotatable bonds is 15. The first kappa shape index (κ1) is 22.6. The van der Waals surface area contributed by atoms with E-state index in [0.29, 0.717) is 0 Å². The predicted octanol–water partition coefficient (Wildman–Crippen LogP) is 2.64. The van der Waals surface area contributed by atoms with Crippen LogP contribution in [0.1, 0.15) is 97.8 Å². The third-order valence-electron chi connectivity index (χ3n) is 5.18. The number of unbranched alkanes of at least 4 members (excludes halogenated alkanes) is 9. The van der Waals surface area contributed by atoms with Crippen LogP contribution in [0.5, 0.6) is 0 Å². The van der Waals surface area contributed by atoms with Gasteiger partial charge in [-0.2, -0.15) is 0 Å². The van der Waals surface area contributed by atoms with E-state index in [1.807, 2.05) is 0 Å². The molecular weight excluding hydrogens is 342 g/mol. The molecule has 0 bridgehead atoms. The molecule has 0 N–H and O–H groups in total. The Kier molecular flexibility index (Phi) is 14.8. The van der Waals surface area contributed by atoms with Crippen LogP contribution in [0, 0.1) is 0 Å². The average molecular weight is 388 g/mol. The smallest absolute Gasteiger partial charge is 0.160 e. The standard InChI is InChI=1S/C18H45N3Si3/c1-4-7-10-13-16-19-22-20(17-14-11-8-5-2)24-21(23-19)18-15-12-9-6-3/h4-18,22-24H2,1-3H3. The molecule has 144 valence electrons. The molecule has 0 aromatic rings. The molecule has 0 aliphatic carbocycles. The third kappa shape index (κ3) is 11.2. The Bertz CT molecular complexity index is 233. The minimum absolute atomic E-state index is 0.0483. The van der Waals surface area contributed by atoms with E-state index in [0.717, 1.165) is 0 Å². The topological polar surface area (TPSA) is 9.72 Å².